The van der Waals surface area contributed by atoms with Crippen LogP contribution in [0.3, 0.4) is 0 Å². The molecule has 0 aliphatic rings. The van der Waals surface area contributed by atoms with Crippen LogP contribution in [-0.4, -0.2) is 31.4 Å². The molecule has 0 unspecified atom stereocenters. The summed E-state index contributed by atoms with van der Waals surface area (Å²) in [7, 11) is 1.75. The summed E-state index contributed by atoms with van der Waals surface area (Å²) >= 11 is 0. The molecule has 8 nitrogen and oxygen atoms in total. The third-order valence-corrected chi connectivity index (χ3v) is 5.74. The molecule has 2 N–H and O–H groups in total. The van der Waals surface area contributed by atoms with Gasteiger partial charge in [-0.15, -0.1) is 0 Å². The van der Waals surface area contributed by atoms with Crippen LogP contribution in [0.2, 0.25) is 0 Å². The SMILES string of the molecule is Cc1c(C(=O)Nc2ccc(NC(=O)c3ccn(C)n3)cc2)c(-c2ccccc2)nn1-c1ccccc1. The number of nitrogens with zero attached hydrogens (tertiary/aromatic N) is 4. The first-order chi connectivity index (χ1) is 17.5. The summed E-state index contributed by atoms with van der Waals surface area (Å²) in [6, 6.07) is 28.0. The zero-order valence-corrected chi connectivity index (χ0v) is 19.8. The smallest absolute Gasteiger partial charge is 0.276 e. The van der Waals surface area contributed by atoms with Gasteiger partial charge in [0, 0.05) is 30.2 Å². The Kier molecular flexibility index (Phi) is 6.15. The number of para-hydroxylation sites is 1. The number of rotatable bonds is 6. The molecule has 3 aromatic carbocycles. The van der Waals surface area contributed by atoms with Crippen LogP contribution in [0, 0.1) is 6.92 Å². The molecule has 0 spiro atoms. The Morgan fingerprint density at radius 3 is 1.89 bits per heavy atom. The normalized spacial score (nSPS) is 10.7. The maximum absolute atomic E-state index is 13.5. The average molecular weight is 477 g/mol. The number of benzene rings is 3. The van der Waals surface area contributed by atoms with Crippen molar-refractivity contribution in [1.29, 1.82) is 0 Å². The molecular weight excluding hydrogens is 452 g/mol. The number of amides is 2. The molecule has 0 radical (unpaired) electrons. The number of carbonyl (C=O) groups is 2. The highest BCUT2D eigenvalue weighted by Gasteiger charge is 2.23. The second-order valence-corrected chi connectivity index (χ2v) is 8.28. The minimum Gasteiger partial charge on any atom is -0.322 e. The van der Waals surface area contributed by atoms with Crippen LogP contribution in [0.1, 0.15) is 26.5 Å². The third-order valence-electron chi connectivity index (χ3n) is 5.74. The predicted octanol–water partition coefficient (Wildman–Crippen LogP) is 5.09. The van der Waals surface area contributed by atoms with Crippen molar-refractivity contribution in [2.45, 2.75) is 6.92 Å². The number of aryl methyl sites for hydroxylation is 1. The minimum atomic E-state index is -0.302. The van der Waals surface area contributed by atoms with Crippen LogP contribution in [-0.2, 0) is 7.05 Å². The molecule has 0 bridgehead atoms. The van der Waals surface area contributed by atoms with Crippen LogP contribution in [0.4, 0.5) is 11.4 Å². The first-order valence-electron chi connectivity index (χ1n) is 11.4. The standard InChI is InChI=1S/C28H24N6O2/c1-19-25(26(20-9-5-3-6-10-20)32-34(19)23-11-7-4-8-12-23)28(36)30-22-15-13-21(14-16-22)29-27(35)24-17-18-33(2)31-24/h3-18H,1-2H3,(H,29,35)(H,30,36). The molecule has 2 amide bonds. The van der Waals surface area contributed by atoms with Crippen LogP contribution < -0.4 is 10.6 Å². The lowest BCUT2D eigenvalue weighted by molar-refractivity contribution is 0.101. The molecule has 36 heavy (non-hydrogen) atoms. The lowest BCUT2D eigenvalue weighted by Crippen LogP contribution is -2.15. The third kappa shape index (κ3) is 4.65. The van der Waals surface area contributed by atoms with Crippen molar-refractivity contribution in [3.8, 4) is 16.9 Å². The van der Waals surface area contributed by atoms with Gasteiger partial charge in [0.15, 0.2) is 5.69 Å². The van der Waals surface area contributed by atoms with Crippen molar-refractivity contribution in [2.24, 2.45) is 7.05 Å². The van der Waals surface area contributed by atoms with Crippen molar-refractivity contribution in [1.82, 2.24) is 19.6 Å². The number of hydrogen-bond donors (Lipinski definition) is 2. The lowest BCUT2D eigenvalue weighted by Gasteiger charge is -2.09. The number of carbonyl (C=O) groups excluding carboxylic acids is 2. The van der Waals surface area contributed by atoms with Crippen molar-refractivity contribution < 1.29 is 9.59 Å². The molecule has 5 aromatic rings. The molecule has 0 fully saturated rings. The van der Waals surface area contributed by atoms with E-state index in [1.807, 2.05) is 67.6 Å². The maximum Gasteiger partial charge on any atom is 0.276 e. The second-order valence-electron chi connectivity index (χ2n) is 8.28. The Bertz CT molecular complexity index is 1520. The quantitative estimate of drug-likeness (QED) is 0.357. The number of anilines is 2. The van der Waals surface area contributed by atoms with Gasteiger partial charge in [-0.3, -0.25) is 14.3 Å². The molecule has 0 aliphatic heterocycles. The van der Waals surface area contributed by atoms with E-state index < -0.39 is 0 Å². The monoisotopic (exact) mass is 476 g/mol. The average Bonchev–Trinajstić information content (AvgIpc) is 3.49. The van der Waals surface area contributed by atoms with Gasteiger partial charge in [-0.1, -0.05) is 48.5 Å². The fourth-order valence-corrected chi connectivity index (χ4v) is 3.95. The van der Waals surface area contributed by atoms with Gasteiger partial charge in [0.1, 0.15) is 5.69 Å². The summed E-state index contributed by atoms with van der Waals surface area (Å²) in [5, 5.41) is 14.7. The van der Waals surface area contributed by atoms with E-state index in [1.165, 1.54) is 0 Å². The van der Waals surface area contributed by atoms with Gasteiger partial charge in [-0.2, -0.15) is 10.2 Å². The largest absolute Gasteiger partial charge is 0.322 e. The van der Waals surface area contributed by atoms with Crippen LogP contribution in [0.15, 0.2) is 97.2 Å². The summed E-state index contributed by atoms with van der Waals surface area (Å²) in [5.41, 5.74) is 5.09. The molecule has 0 aliphatic carbocycles. The van der Waals surface area contributed by atoms with E-state index in [1.54, 1.807) is 52.9 Å². The fourth-order valence-electron chi connectivity index (χ4n) is 3.95. The van der Waals surface area contributed by atoms with E-state index in [0.717, 1.165) is 16.9 Å². The highest BCUT2D eigenvalue weighted by atomic mass is 16.2. The Hall–Kier alpha value is -4.98. The molecule has 178 valence electrons. The molecule has 2 aromatic heterocycles. The summed E-state index contributed by atoms with van der Waals surface area (Å²) < 4.78 is 3.35. The van der Waals surface area contributed by atoms with Gasteiger partial charge < -0.3 is 10.6 Å². The summed E-state index contributed by atoms with van der Waals surface area (Å²) in [5.74, 6) is -0.567. The molecule has 0 atom stereocenters. The lowest BCUT2D eigenvalue weighted by atomic mass is 10.1. The first-order valence-corrected chi connectivity index (χ1v) is 11.4. The molecule has 5 rings (SSSR count). The second kappa shape index (κ2) is 9.71. The van der Waals surface area contributed by atoms with Crippen molar-refractivity contribution in [2.75, 3.05) is 10.6 Å². The number of nitrogens with one attached hydrogen (secondary N) is 2. The van der Waals surface area contributed by atoms with Crippen LogP contribution in [0.5, 0.6) is 0 Å². The number of hydrogen-bond acceptors (Lipinski definition) is 4. The van der Waals surface area contributed by atoms with E-state index in [0.29, 0.717) is 28.3 Å². The first kappa shape index (κ1) is 22.8. The van der Waals surface area contributed by atoms with Gasteiger partial charge in [0.05, 0.1) is 16.9 Å². The zero-order chi connectivity index (χ0) is 25.1. The highest BCUT2D eigenvalue weighted by molar-refractivity contribution is 6.09. The Balaban J connectivity index is 1.40. The van der Waals surface area contributed by atoms with E-state index >= 15 is 0 Å². The Labute approximate surface area is 208 Å². The highest BCUT2D eigenvalue weighted by Crippen LogP contribution is 2.28. The zero-order valence-electron chi connectivity index (χ0n) is 19.8. The Morgan fingerprint density at radius 2 is 1.31 bits per heavy atom. The maximum atomic E-state index is 13.5. The summed E-state index contributed by atoms with van der Waals surface area (Å²) in [4.78, 5) is 25.8. The van der Waals surface area contributed by atoms with E-state index in [-0.39, 0.29) is 11.8 Å². The van der Waals surface area contributed by atoms with Crippen molar-refractivity contribution >= 4 is 23.2 Å². The fraction of sp³-hybridized carbons (Fsp3) is 0.0714. The van der Waals surface area contributed by atoms with Gasteiger partial charge in [0.2, 0.25) is 0 Å². The van der Waals surface area contributed by atoms with Gasteiger partial charge >= 0.3 is 0 Å². The molecule has 0 saturated heterocycles. The molecular formula is C28H24N6O2. The topological polar surface area (TPSA) is 93.8 Å². The van der Waals surface area contributed by atoms with Gasteiger partial charge in [-0.05, 0) is 49.4 Å². The van der Waals surface area contributed by atoms with E-state index in [4.69, 9.17) is 5.10 Å². The van der Waals surface area contributed by atoms with Crippen LogP contribution in [0.25, 0.3) is 16.9 Å². The summed E-state index contributed by atoms with van der Waals surface area (Å²) in [6.07, 6.45) is 1.71. The van der Waals surface area contributed by atoms with Gasteiger partial charge in [0.25, 0.3) is 11.8 Å². The Morgan fingerprint density at radius 1 is 0.722 bits per heavy atom. The summed E-state index contributed by atoms with van der Waals surface area (Å²) in [6.45, 7) is 1.89. The van der Waals surface area contributed by atoms with Crippen molar-refractivity contribution in [3.05, 3.63) is 114 Å². The minimum absolute atomic E-state index is 0.265. The predicted molar refractivity (Wildman–Crippen MR) is 139 cm³/mol. The van der Waals surface area contributed by atoms with Gasteiger partial charge in [-0.25, -0.2) is 4.68 Å². The molecule has 8 heteroatoms. The van der Waals surface area contributed by atoms with E-state index in [2.05, 4.69) is 15.7 Å². The molecule has 0 saturated carbocycles. The molecule has 2 heterocycles. The van der Waals surface area contributed by atoms with Crippen LogP contribution >= 0.6 is 0 Å². The van der Waals surface area contributed by atoms with E-state index in [9.17, 15) is 9.59 Å². The van der Waals surface area contributed by atoms with Crippen molar-refractivity contribution in [3.63, 3.8) is 0 Å². The number of aromatic nitrogens is 4.